The molecule has 0 saturated heterocycles. The first-order valence-corrected chi connectivity index (χ1v) is 2.30. The second-order valence-electron chi connectivity index (χ2n) is 1.58. The molecular weight excluding hydrogens is 102 g/mol. The zero-order valence-corrected chi connectivity index (χ0v) is 5.13. The van der Waals surface area contributed by atoms with Gasteiger partial charge in [-0.15, -0.1) is 0 Å². The molecule has 0 atom stereocenters. The van der Waals surface area contributed by atoms with E-state index in [0.29, 0.717) is 0 Å². The lowest BCUT2D eigenvalue weighted by Gasteiger charge is -1.99. The largest absolute Gasteiger partial charge is 0.369 e. The Labute approximate surface area is 49.2 Å². The standard InChI is InChI=1S/C5H9N3/c1-8(2)5-7-4-3-6/h5H,4H2,1-2H3/b7-5-. The lowest BCUT2D eigenvalue weighted by molar-refractivity contribution is 0.641. The Morgan fingerprint density at radius 3 is 2.75 bits per heavy atom. The topological polar surface area (TPSA) is 39.4 Å². The summed E-state index contributed by atoms with van der Waals surface area (Å²) in [7, 11) is 3.72. The quantitative estimate of drug-likeness (QED) is 0.288. The first kappa shape index (κ1) is 6.96. The maximum absolute atomic E-state index is 8.00. The van der Waals surface area contributed by atoms with Gasteiger partial charge in [-0.3, -0.25) is 4.99 Å². The van der Waals surface area contributed by atoms with Crippen LogP contribution in [0.4, 0.5) is 0 Å². The summed E-state index contributed by atoms with van der Waals surface area (Å²) < 4.78 is 0. The summed E-state index contributed by atoms with van der Waals surface area (Å²) in [6.45, 7) is 0.248. The van der Waals surface area contributed by atoms with Crippen LogP contribution in [0, 0.1) is 11.3 Å². The summed E-state index contributed by atoms with van der Waals surface area (Å²) in [5.41, 5.74) is 0. The van der Waals surface area contributed by atoms with Gasteiger partial charge in [-0.05, 0) is 0 Å². The third-order valence-electron chi connectivity index (χ3n) is 0.475. The summed E-state index contributed by atoms with van der Waals surface area (Å²) in [6, 6.07) is 1.90. The fourth-order valence-electron chi connectivity index (χ4n) is 0.245. The Kier molecular flexibility index (Phi) is 3.59. The highest BCUT2D eigenvalue weighted by atomic mass is 15.1. The van der Waals surface area contributed by atoms with Gasteiger partial charge in [-0.2, -0.15) is 5.26 Å². The second-order valence-corrected chi connectivity index (χ2v) is 1.58. The number of hydrogen-bond donors (Lipinski definition) is 0. The van der Waals surface area contributed by atoms with Crippen molar-refractivity contribution in [1.82, 2.24) is 4.90 Å². The lowest BCUT2D eigenvalue weighted by atomic mass is 10.7. The average molecular weight is 111 g/mol. The molecule has 0 aliphatic carbocycles. The van der Waals surface area contributed by atoms with Crippen LogP contribution in [0.1, 0.15) is 0 Å². The third kappa shape index (κ3) is 4.96. The smallest absolute Gasteiger partial charge is 0.127 e. The highest BCUT2D eigenvalue weighted by molar-refractivity contribution is 5.53. The van der Waals surface area contributed by atoms with E-state index in [2.05, 4.69) is 4.99 Å². The van der Waals surface area contributed by atoms with Crippen LogP contribution in [0.2, 0.25) is 0 Å². The van der Waals surface area contributed by atoms with E-state index < -0.39 is 0 Å². The summed E-state index contributed by atoms with van der Waals surface area (Å²) in [4.78, 5) is 5.52. The van der Waals surface area contributed by atoms with Gasteiger partial charge in [0.2, 0.25) is 0 Å². The molecule has 0 amide bonds. The number of nitrogens with zero attached hydrogens (tertiary/aromatic N) is 3. The van der Waals surface area contributed by atoms with Crippen LogP contribution >= 0.6 is 0 Å². The zero-order valence-electron chi connectivity index (χ0n) is 5.13. The van der Waals surface area contributed by atoms with Crippen molar-refractivity contribution >= 4 is 6.34 Å². The van der Waals surface area contributed by atoms with Crippen LogP contribution in [0.25, 0.3) is 0 Å². The monoisotopic (exact) mass is 111 g/mol. The van der Waals surface area contributed by atoms with E-state index in [-0.39, 0.29) is 6.54 Å². The number of hydrogen-bond acceptors (Lipinski definition) is 2. The van der Waals surface area contributed by atoms with Crippen molar-refractivity contribution in [2.24, 2.45) is 4.99 Å². The molecular formula is C5H9N3. The Hall–Kier alpha value is -1.04. The number of aliphatic imine (C=N–C) groups is 1. The first-order chi connectivity index (χ1) is 3.77. The number of nitriles is 1. The number of rotatable bonds is 2. The molecule has 0 spiro atoms. The normalized spacial score (nSPS) is 9.12. The summed E-state index contributed by atoms with van der Waals surface area (Å²) in [6.07, 6.45) is 1.61. The second kappa shape index (κ2) is 4.13. The predicted molar refractivity (Wildman–Crippen MR) is 32.7 cm³/mol. The van der Waals surface area contributed by atoms with Gasteiger partial charge < -0.3 is 4.90 Å². The molecule has 0 fully saturated rings. The summed E-state index contributed by atoms with van der Waals surface area (Å²) in [5.74, 6) is 0. The first-order valence-electron chi connectivity index (χ1n) is 2.30. The molecule has 0 saturated carbocycles. The van der Waals surface area contributed by atoms with Gasteiger partial charge in [0.15, 0.2) is 0 Å². The van der Waals surface area contributed by atoms with E-state index in [4.69, 9.17) is 5.26 Å². The van der Waals surface area contributed by atoms with E-state index in [0.717, 1.165) is 0 Å². The molecule has 0 rings (SSSR count). The highest BCUT2D eigenvalue weighted by Gasteiger charge is 1.73. The van der Waals surface area contributed by atoms with Crippen molar-refractivity contribution in [3.05, 3.63) is 0 Å². The SMILES string of the molecule is CN(C)/C=N\CC#N. The lowest BCUT2D eigenvalue weighted by Crippen LogP contribution is -2.07. The van der Waals surface area contributed by atoms with Gasteiger partial charge in [-0.25, -0.2) is 0 Å². The van der Waals surface area contributed by atoms with Crippen LogP contribution in [0.5, 0.6) is 0 Å². The van der Waals surface area contributed by atoms with Crippen molar-refractivity contribution in [1.29, 1.82) is 5.26 Å². The molecule has 0 aliphatic rings. The molecule has 3 heteroatoms. The Bertz CT molecular complexity index is 109. The van der Waals surface area contributed by atoms with Crippen molar-refractivity contribution in [3.8, 4) is 6.07 Å². The maximum atomic E-state index is 8.00. The molecule has 0 N–H and O–H groups in total. The van der Waals surface area contributed by atoms with Gasteiger partial charge in [0.05, 0.1) is 12.4 Å². The molecule has 0 unspecified atom stereocenters. The Balaban J connectivity index is 3.23. The van der Waals surface area contributed by atoms with E-state index >= 15 is 0 Å². The fourth-order valence-corrected chi connectivity index (χ4v) is 0.245. The van der Waals surface area contributed by atoms with Crippen LogP contribution in [-0.4, -0.2) is 31.9 Å². The van der Waals surface area contributed by atoms with Crippen molar-refractivity contribution < 1.29 is 0 Å². The Morgan fingerprint density at radius 1 is 1.75 bits per heavy atom. The molecule has 0 radical (unpaired) electrons. The molecule has 0 bridgehead atoms. The molecule has 0 aromatic heterocycles. The molecule has 0 heterocycles. The molecule has 0 aromatic rings. The van der Waals surface area contributed by atoms with Crippen molar-refractivity contribution in [2.45, 2.75) is 0 Å². The van der Waals surface area contributed by atoms with Crippen LogP contribution in [0.15, 0.2) is 4.99 Å². The minimum Gasteiger partial charge on any atom is -0.369 e. The van der Waals surface area contributed by atoms with Crippen molar-refractivity contribution in [2.75, 3.05) is 20.6 Å². The summed E-state index contributed by atoms with van der Waals surface area (Å²) >= 11 is 0. The minimum absolute atomic E-state index is 0.248. The molecule has 8 heavy (non-hydrogen) atoms. The van der Waals surface area contributed by atoms with Gasteiger partial charge >= 0.3 is 0 Å². The zero-order chi connectivity index (χ0) is 6.41. The average Bonchev–Trinajstić information content (AvgIpc) is 1.66. The summed E-state index contributed by atoms with van der Waals surface area (Å²) in [5, 5.41) is 8.00. The van der Waals surface area contributed by atoms with Gasteiger partial charge in [-0.1, -0.05) is 0 Å². The molecule has 44 valence electrons. The molecule has 0 aromatic carbocycles. The fraction of sp³-hybridized carbons (Fsp3) is 0.600. The van der Waals surface area contributed by atoms with E-state index in [1.807, 2.05) is 20.2 Å². The van der Waals surface area contributed by atoms with E-state index in [1.54, 1.807) is 11.2 Å². The molecule has 0 aliphatic heterocycles. The van der Waals surface area contributed by atoms with Crippen LogP contribution < -0.4 is 0 Å². The maximum Gasteiger partial charge on any atom is 0.127 e. The van der Waals surface area contributed by atoms with Gasteiger partial charge in [0.1, 0.15) is 6.54 Å². The van der Waals surface area contributed by atoms with Gasteiger partial charge in [0.25, 0.3) is 0 Å². The van der Waals surface area contributed by atoms with Crippen LogP contribution in [0.3, 0.4) is 0 Å². The van der Waals surface area contributed by atoms with E-state index in [1.165, 1.54) is 0 Å². The Morgan fingerprint density at radius 2 is 2.38 bits per heavy atom. The highest BCUT2D eigenvalue weighted by Crippen LogP contribution is 1.66. The van der Waals surface area contributed by atoms with Crippen molar-refractivity contribution in [3.63, 3.8) is 0 Å². The predicted octanol–water partition coefficient (Wildman–Crippen LogP) is 0.0999. The third-order valence-corrected chi connectivity index (χ3v) is 0.475. The minimum atomic E-state index is 0.248. The molecule has 3 nitrogen and oxygen atoms in total. The van der Waals surface area contributed by atoms with Gasteiger partial charge in [0, 0.05) is 14.1 Å². The van der Waals surface area contributed by atoms with E-state index in [9.17, 15) is 0 Å². The van der Waals surface area contributed by atoms with Crippen LogP contribution in [-0.2, 0) is 0 Å².